The van der Waals surface area contributed by atoms with Crippen molar-refractivity contribution >= 4 is 29.0 Å². The third kappa shape index (κ3) is 5.27. The fraction of sp³-hybridized carbons (Fsp3) is 0.550. The van der Waals surface area contributed by atoms with Gasteiger partial charge in [0.1, 0.15) is 0 Å². The van der Waals surface area contributed by atoms with Gasteiger partial charge in [-0.3, -0.25) is 19.1 Å². The fourth-order valence-corrected chi connectivity index (χ4v) is 3.80. The highest BCUT2D eigenvalue weighted by molar-refractivity contribution is 7.71. The number of fused-ring (bicyclic) bond motifs is 1. The summed E-state index contributed by atoms with van der Waals surface area (Å²) in [6, 6.07) is 7.23. The summed E-state index contributed by atoms with van der Waals surface area (Å²) in [6.45, 7) is 8.62. The van der Waals surface area contributed by atoms with Gasteiger partial charge in [0.25, 0.3) is 5.56 Å². The van der Waals surface area contributed by atoms with Crippen molar-refractivity contribution in [3.8, 4) is 0 Å². The number of para-hydroxylation sites is 1. The topological polar surface area (TPSA) is 79.4 Å². The number of morpholine rings is 1. The molecule has 1 saturated heterocycles. The van der Waals surface area contributed by atoms with E-state index in [0.717, 1.165) is 19.6 Å². The minimum absolute atomic E-state index is 0.00249. The van der Waals surface area contributed by atoms with Gasteiger partial charge in [0.05, 0.1) is 23.6 Å². The molecule has 0 saturated carbocycles. The maximum Gasteiger partial charge on any atom is 0.262 e. The molecule has 8 heteroatoms. The number of hydrogen-bond acceptors (Lipinski definition) is 5. The van der Waals surface area contributed by atoms with Crippen molar-refractivity contribution in [1.82, 2.24) is 19.8 Å². The lowest BCUT2D eigenvalue weighted by Crippen LogP contribution is -2.48. The highest BCUT2D eigenvalue weighted by atomic mass is 32.1. The van der Waals surface area contributed by atoms with Gasteiger partial charge in [0.2, 0.25) is 5.91 Å². The molecule has 0 bridgehead atoms. The molecule has 2 N–H and O–H groups in total. The zero-order valence-electron chi connectivity index (χ0n) is 16.4. The lowest BCUT2D eigenvalue weighted by Gasteiger charge is -2.33. The summed E-state index contributed by atoms with van der Waals surface area (Å²) < 4.78 is 7.53. The molecule has 1 unspecified atom stereocenters. The minimum Gasteiger partial charge on any atom is -0.374 e. The normalized spacial score (nSPS) is 17.9. The van der Waals surface area contributed by atoms with E-state index >= 15 is 0 Å². The van der Waals surface area contributed by atoms with Crippen LogP contribution in [0.4, 0.5) is 0 Å². The first-order valence-corrected chi connectivity index (χ1v) is 10.2. The molecule has 1 atom stereocenters. The Morgan fingerprint density at radius 1 is 1.39 bits per heavy atom. The van der Waals surface area contributed by atoms with Crippen molar-refractivity contribution in [3.05, 3.63) is 39.4 Å². The standard InChI is InChI=1S/C20H28N4O3S/c1-14(2)12-23-9-10-27-15(13-23)11-21-18(25)7-8-24-19(26)16-5-3-4-6-17(16)22-20(24)28/h3-6,14-15H,7-13H2,1-2H3,(H,21,25)(H,22,28). The number of aromatic amines is 1. The molecule has 1 aliphatic rings. The van der Waals surface area contributed by atoms with E-state index in [0.29, 0.717) is 34.7 Å². The van der Waals surface area contributed by atoms with Gasteiger partial charge >= 0.3 is 0 Å². The number of rotatable bonds is 7. The second-order valence-electron chi connectivity index (χ2n) is 7.63. The number of aromatic nitrogens is 2. The summed E-state index contributed by atoms with van der Waals surface area (Å²) in [5.41, 5.74) is 0.533. The molecule has 2 aromatic rings. The molecule has 1 aromatic heterocycles. The van der Waals surface area contributed by atoms with Crippen molar-refractivity contribution < 1.29 is 9.53 Å². The van der Waals surface area contributed by atoms with Crippen LogP contribution in [0.3, 0.4) is 0 Å². The summed E-state index contributed by atoms with van der Waals surface area (Å²) in [5.74, 6) is 0.497. The Morgan fingerprint density at radius 3 is 2.96 bits per heavy atom. The van der Waals surface area contributed by atoms with Crippen molar-refractivity contribution in [2.45, 2.75) is 32.9 Å². The fourth-order valence-electron chi connectivity index (χ4n) is 3.52. The van der Waals surface area contributed by atoms with Crippen LogP contribution in [0.15, 0.2) is 29.1 Å². The first kappa shape index (κ1) is 20.7. The zero-order valence-corrected chi connectivity index (χ0v) is 17.3. The van der Waals surface area contributed by atoms with Crippen molar-refractivity contribution in [1.29, 1.82) is 0 Å². The number of nitrogens with one attached hydrogen (secondary N) is 2. The van der Waals surface area contributed by atoms with Crippen LogP contribution in [0, 0.1) is 10.7 Å². The van der Waals surface area contributed by atoms with E-state index in [1.165, 1.54) is 4.57 Å². The average Bonchev–Trinajstić information content (AvgIpc) is 2.66. The smallest absolute Gasteiger partial charge is 0.262 e. The highest BCUT2D eigenvalue weighted by Crippen LogP contribution is 2.08. The largest absolute Gasteiger partial charge is 0.374 e. The van der Waals surface area contributed by atoms with Gasteiger partial charge in [-0.1, -0.05) is 26.0 Å². The van der Waals surface area contributed by atoms with E-state index in [-0.39, 0.29) is 30.5 Å². The van der Waals surface area contributed by atoms with E-state index in [4.69, 9.17) is 17.0 Å². The average molecular weight is 405 g/mol. The van der Waals surface area contributed by atoms with Crippen molar-refractivity contribution in [2.75, 3.05) is 32.8 Å². The summed E-state index contributed by atoms with van der Waals surface area (Å²) in [5, 5.41) is 3.49. The summed E-state index contributed by atoms with van der Waals surface area (Å²) in [6.07, 6.45) is 0.195. The summed E-state index contributed by atoms with van der Waals surface area (Å²) in [7, 11) is 0. The van der Waals surface area contributed by atoms with Gasteiger partial charge in [-0.2, -0.15) is 0 Å². The maximum atomic E-state index is 12.6. The highest BCUT2D eigenvalue weighted by Gasteiger charge is 2.21. The third-order valence-electron chi connectivity index (χ3n) is 4.83. The Kier molecular flexibility index (Phi) is 6.98. The minimum atomic E-state index is -0.174. The molecule has 0 aliphatic carbocycles. The number of H-pyrrole nitrogens is 1. The van der Waals surface area contributed by atoms with Crippen LogP contribution in [-0.4, -0.2) is 59.2 Å². The first-order chi connectivity index (χ1) is 13.4. The number of amides is 1. The first-order valence-electron chi connectivity index (χ1n) is 9.76. The van der Waals surface area contributed by atoms with E-state index in [1.54, 1.807) is 6.07 Å². The predicted molar refractivity (Wildman–Crippen MR) is 112 cm³/mol. The van der Waals surface area contributed by atoms with Gasteiger partial charge in [0, 0.05) is 39.1 Å². The van der Waals surface area contributed by atoms with Crippen LogP contribution in [-0.2, 0) is 16.1 Å². The van der Waals surface area contributed by atoms with Crippen LogP contribution >= 0.6 is 12.2 Å². The molecule has 7 nitrogen and oxygen atoms in total. The molecule has 28 heavy (non-hydrogen) atoms. The van der Waals surface area contributed by atoms with E-state index in [2.05, 4.69) is 29.0 Å². The van der Waals surface area contributed by atoms with Gasteiger partial charge < -0.3 is 15.0 Å². The molecule has 1 aliphatic heterocycles. The Balaban J connectivity index is 1.53. The molecule has 3 rings (SSSR count). The number of hydrogen-bond donors (Lipinski definition) is 2. The van der Waals surface area contributed by atoms with Crippen molar-refractivity contribution in [3.63, 3.8) is 0 Å². The number of nitrogens with zero attached hydrogens (tertiary/aromatic N) is 2. The number of benzene rings is 1. The van der Waals surface area contributed by atoms with Gasteiger partial charge in [0.15, 0.2) is 4.77 Å². The molecule has 1 amide bonds. The van der Waals surface area contributed by atoms with Gasteiger partial charge in [-0.05, 0) is 30.3 Å². The third-order valence-corrected chi connectivity index (χ3v) is 5.15. The number of ether oxygens (including phenoxy) is 1. The SMILES string of the molecule is CC(C)CN1CCOC(CNC(=O)CCn2c(=S)[nH]c3ccccc3c2=O)C1. The molecular weight excluding hydrogens is 376 g/mol. The quantitative estimate of drug-likeness (QED) is 0.690. The van der Waals surface area contributed by atoms with Gasteiger partial charge in [-0.15, -0.1) is 0 Å². The number of carbonyl (C=O) groups excluding carboxylic acids is 1. The Hall–Kier alpha value is -2.03. The monoisotopic (exact) mass is 404 g/mol. The van der Waals surface area contributed by atoms with E-state index in [1.807, 2.05) is 18.2 Å². The Morgan fingerprint density at radius 2 is 2.18 bits per heavy atom. The number of carbonyl (C=O) groups is 1. The molecule has 1 aromatic carbocycles. The molecule has 0 spiro atoms. The van der Waals surface area contributed by atoms with Crippen LogP contribution in [0.5, 0.6) is 0 Å². The van der Waals surface area contributed by atoms with E-state index < -0.39 is 0 Å². The zero-order chi connectivity index (χ0) is 20.1. The van der Waals surface area contributed by atoms with Crippen LogP contribution in [0.1, 0.15) is 20.3 Å². The summed E-state index contributed by atoms with van der Waals surface area (Å²) in [4.78, 5) is 30.3. The molecule has 1 fully saturated rings. The molecule has 2 heterocycles. The lowest BCUT2D eigenvalue weighted by atomic mass is 10.2. The lowest BCUT2D eigenvalue weighted by molar-refractivity contribution is -0.122. The van der Waals surface area contributed by atoms with Gasteiger partial charge in [-0.25, -0.2) is 0 Å². The Labute approximate surface area is 169 Å². The second kappa shape index (κ2) is 9.45. The molecule has 0 radical (unpaired) electrons. The predicted octanol–water partition coefficient (Wildman–Crippen LogP) is 1.92. The van der Waals surface area contributed by atoms with Crippen molar-refractivity contribution in [2.24, 2.45) is 5.92 Å². The van der Waals surface area contributed by atoms with Crippen LogP contribution in [0.2, 0.25) is 0 Å². The second-order valence-corrected chi connectivity index (χ2v) is 8.02. The van der Waals surface area contributed by atoms with Crippen LogP contribution < -0.4 is 10.9 Å². The summed E-state index contributed by atoms with van der Waals surface area (Å²) >= 11 is 5.28. The molecular formula is C20H28N4O3S. The molecule has 152 valence electrons. The van der Waals surface area contributed by atoms with E-state index in [9.17, 15) is 9.59 Å². The van der Waals surface area contributed by atoms with Crippen LogP contribution in [0.25, 0.3) is 10.9 Å². The Bertz CT molecular complexity index is 937. The maximum absolute atomic E-state index is 12.6.